The summed E-state index contributed by atoms with van der Waals surface area (Å²) in [5.41, 5.74) is 8.27. The summed E-state index contributed by atoms with van der Waals surface area (Å²) in [6.45, 7) is 8.83. The van der Waals surface area contributed by atoms with E-state index >= 15 is 0 Å². The minimum Gasteiger partial charge on any atom is -0.444 e. The molecule has 3 aromatic rings. The lowest BCUT2D eigenvalue weighted by molar-refractivity contribution is 0.0454. The van der Waals surface area contributed by atoms with Crippen LogP contribution in [0.15, 0.2) is 41.6 Å². The number of fused-ring (bicyclic) bond motifs is 1. The Kier molecular flexibility index (Phi) is 6.16. The molecule has 4 rings (SSSR count). The number of rotatable bonds is 4. The predicted molar refractivity (Wildman–Crippen MR) is 135 cm³/mol. The predicted octanol–water partition coefficient (Wildman–Crippen LogP) is 3.27. The average molecular weight is 501 g/mol. The number of hydrogen-bond acceptors (Lipinski definition) is 8. The molecular formula is C24H32N6O4S. The summed E-state index contributed by atoms with van der Waals surface area (Å²) in [4.78, 5) is 19.1. The van der Waals surface area contributed by atoms with E-state index in [4.69, 9.17) is 10.5 Å². The van der Waals surface area contributed by atoms with Crippen molar-refractivity contribution < 1.29 is 17.9 Å². The van der Waals surface area contributed by atoms with Gasteiger partial charge in [-0.25, -0.2) is 22.7 Å². The van der Waals surface area contributed by atoms with Gasteiger partial charge in [-0.15, -0.1) is 0 Å². The molecule has 1 aliphatic heterocycles. The normalized spacial score (nSPS) is 19.1. The molecule has 1 amide bonds. The second-order valence-electron chi connectivity index (χ2n) is 10.3. The summed E-state index contributed by atoms with van der Waals surface area (Å²) in [6.07, 6.45) is 3.79. The number of sulfone groups is 1. The first-order valence-electron chi connectivity index (χ1n) is 11.4. The first kappa shape index (κ1) is 24.8. The number of nitrogens with two attached hydrogens (primary N) is 1. The Bertz CT molecular complexity index is 1360. The Morgan fingerprint density at radius 3 is 2.54 bits per heavy atom. The highest BCUT2D eigenvalue weighted by Crippen LogP contribution is 2.36. The summed E-state index contributed by atoms with van der Waals surface area (Å²) in [5.74, 6) is 0.335. The molecule has 1 aromatic carbocycles. The smallest absolute Gasteiger partial charge is 0.408 e. The lowest BCUT2D eigenvalue weighted by atomic mass is 9.91. The number of piperidine rings is 1. The molecule has 1 aliphatic rings. The van der Waals surface area contributed by atoms with Gasteiger partial charge in [-0.2, -0.15) is 5.10 Å². The average Bonchev–Trinajstić information content (AvgIpc) is 3.12. The van der Waals surface area contributed by atoms with Gasteiger partial charge in [-0.05, 0) is 58.7 Å². The van der Waals surface area contributed by atoms with Gasteiger partial charge >= 0.3 is 6.09 Å². The zero-order chi connectivity index (χ0) is 25.6. The van der Waals surface area contributed by atoms with Crippen LogP contribution in [0.1, 0.15) is 40.5 Å². The molecule has 1 atom stereocenters. The Labute approximate surface area is 205 Å². The number of nitrogen functional groups attached to an aromatic ring is 1. The van der Waals surface area contributed by atoms with Gasteiger partial charge < -0.3 is 20.7 Å². The lowest BCUT2D eigenvalue weighted by Gasteiger charge is -2.42. The summed E-state index contributed by atoms with van der Waals surface area (Å²) in [7, 11) is -3.30. The molecule has 3 heterocycles. The molecule has 2 aromatic heterocycles. The zero-order valence-corrected chi connectivity index (χ0v) is 21.5. The van der Waals surface area contributed by atoms with Crippen molar-refractivity contribution in [3.8, 4) is 11.3 Å². The number of carbonyl (C=O) groups is 1. The van der Waals surface area contributed by atoms with Gasteiger partial charge in [0, 0.05) is 24.9 Å². The van der Waals surface area contributed by atoms with Crippen molar-refractivity contribution in [2.75, 3.05) is 30.0 Å². The number of carbonyl (C=O) groups excluding carboxylic acids is 1. The number of amides is 1. The number of benzene rings is 1. The molecule has 3 N–H and O–H groups in total. The number of hydrogen-bond donors (Lipinski definition) is 2. The van der Waals surface area contributed by atoms with Crippen LogP contribution in [-0.2, 0) is 14.6 Å². The monoisotopic (exact) mass is 500 g/mol. The Hall–Kier alpha value is -3.34. The maximum Gasteiger partial charge on any atom is 0.408 e. The van der Waals surface area contributed by atoms with Crippen LogP contribution in [0, 0.1) is 0 Å². The van der Waals surface area contributed by atoms with Crippen LogP contribution in [-0.4, -0.2) is 59.6 Å². The number of nitrogens with one attached hydrogen (secondary N) is 1. The molecule has 35 heavy (non-hydrogen) atoms. The van der Waals surface area contributed by atoms with Crippen molar-refractivity contribution in [2.24, 2.45) is 0 Å². The van der Waals surface area contributed by atoms with E-state index in [1.165, 1.54) is 12.6 Å². The maximum atomic E-state index is 12.5. The fraction of sp³-hybridized carbons (Fsp3) is 0.458. The minimum atomic E-state index is -3.30. The highest BCUT2D eigenvalue weighted by Gasteiger charge is 2.35. The van der Waals surface area contributed by atoms with Crippen molar-refractivity contribution in [2.45, 2.75) is 56.6 Å². The van der Waals surface area contributed by atoms with Crippen molar-refractivity contribution in [1.29, 1.82) is 0 Å². The van der Waals surface area contributed by atoms with Gasteiger partial charge in [0.05, 0.1) is 21.8 Å². The van der Waals surface area contributed by atoms with Crippen molar-refractivity contribution in [1.82, 2.24) is 19.9 Å². The van der Waals surface area contributed by atoms with E-state index in [-0.39, 0.29) is 4.90 Å². The van der Waals surface area contributed by atoms with Crippen LogP contribution in [0.2, 0.25) is 0 Å². The third-order valence-electron chi connectivity index (χ3n) is 5.98. The maximum absolute atomic E-state index is 12.5. The summed E-state index contributed by atoms with van der Waals surface area (Å²) in [6, 6.07) is 8.65. The van der Waals surface area contributed by atoms with E-state index in [9.17, 15) is 13.2 Å². The fourth-order valence-electron chi connectivity index (χ4n) is 4.47. The van der Waals surface area contributed by atoms with Gasteiger partial charge in [-0.1, -0.05) is 12.1 Å². The first-order chi connectivity index (χ1) is 16.3. The number of aromatic nitrogens is 3. The van der Waals surface area contributed by atoms with E-state index in [0.29, 0.717) is 17.9 Å². The molecule has 1 fully saturated rings. The highest BCUT2D eigenvalue weighted by atomic mass is 32.2. The molecule has 0 unspecified atom stereocenters. The lowest BCUT2D eigenvalue weighted by Crippen LogP contribution is -2.57. The van der Waals surface area contributed by atoms with Crippen molar-refractivity contribution in [3.63, 3.8) is 0 Å². The fourth-order valence-corrected chi connectivity index (χ4v) is 5.10. The molecule has 11 heteroatoms. The molecule has 0 spiro atoms. The number of anilines is 2. The van der Waals surface area contributed by atoms with Gasteiger partial charge in [0.15, 0.2) is 15.7 Å². The molecule has 0 saturated carbocycles. The third-order valence-corrected chi connectivity index (χ3v) is 7.11. The van der Waals surface area contributed by atoms with Crippen LogP contribution in [0.5, 0.6) is 0 Å². The van der Waals surface area contributed by atoms with E-state index < -0.39 is 27.1 Å². The SMILES string of the molecule is CC(C)(C)OC(=O)N[C@]1(C)CCCN(c2cc(-c3ccc(S(C)(=O)=O)cc3)n3ncnc(N)c23)C1. The van der Waals surface area contributed by atoms with Crippen LogP contribution < -0.4 is 16.0 Å². The number of alkyl carbamates (subject to hydrolysis) is 1. The quantitative estimate of drug-likeness (QED) is 0.558. The van der Waals surface area contributed by atoms with Gasteiger partial charge in [0.25, 0.3) is 0 Å². The standard InChI is InChI=1S/C24H32N6O4S/c1-23(2,3)34-22(31)28-24(4)11-6-12-29(14-24)19-13-18(30-20(19)21(25)26-15-27-30)16-7-9-17(10-8-16)35(5,32)33/h7-10,13,15H,6,11-12,14H2,1-5H3,(H,28,31)(H2,25,26,27)/t24-/m1/s1. The molecule has 0 bridgehead atoms. The molecule has 188 valence electrons. The largest absolute Gasteiger partial charge is 0.444 e. The topological polar surface area (TPSA) is 132 Å². The minimum absolute atomic E-state index is 0.247. The van der Waals surface area contributed by atoms with E-state index in [2.05, 4.69) is 20.3 Å². The summed E-state index contributed by atoms with van der Waals surface area (Å²) >= 11 is 0. The molecule has 0 radical (unpaired) electrons. The molecule has 1 saturated heterocycles. The zero-order valence-electron chi connectivity index (χ0n) is 20.7. The third kappa shape index (κ3) is 5.34. The molecule has 10 nitrogen and oxygen atoms in total. The van der Waals surface area contributed by atoms with E-state index in [0.717, 1.165) is 36.3 Å². The molecular weight excluding hydrogens is 468 g/mol. The van der Waals surface area contributed by atoms with Crippen LogP contribution in [0.4, 0.5) is 16.3 Å². The van der Waals surface area contributed by atoms with Crippen LogP contribution in [0.25, 0.3) is 16.8 Å². The van der Waals surface area contributed by atoms with Crippen LogP contribution >= 0.6 is 0 Å². The Balaban J connectivity index is 1.70. The summed E-state index contributed by atoms with van der Waals surface area (Å²) < 4.78 is 30.9. The van der Waals surface area contributed by atoms with Gasteiger partial charge in [-0.3, -0.25) is 0 Å². The van der Waals surface area contributed by atoms with Crippen molar-refractivity contribution in [3.05, 3.63) is 36.7 Å². The number of nitrogens with zero attached hydrogens (tertiary/aromatic N) is 4. The van der Waals surface area contributed by atoms with Crippen molar-refractivity contribution >= 4 is 33.0 Å². The number of ether oxygens (including phenoxy) is 1. The van der Waals surface area contributed by atoms with Gasteiger partial charge in [0.1, 0.15) is 17.4 Å². The van der Waals surface area contributed by atoms with Gasteiger partial charge in [0.2, 0.25) is 0 Å². The first-order valence-corrected chi connectivity index (χ1v) is 13.3. The second-order valence-corrected chi connectivity index (χ2v) is 12.3. The van der Waals surface area contributed by atoms with E-state index in [1.54, 1.807) is 28.8 Å². The Morgan fingerprint density at radius 1 is 1.23 bits per heavy atom. The highest BCUT2D eigenvalue weighted by molar-refractivity contribution is 7.90. The van der Waals surface area contributed by atoms with E-state index in [1.807, 2.05) is 33.8 Å². The summed E-state index contributed by atoms with van der Waals surface area (Å²) in [5, 5.41) is 7.47. The van der Waals surface area contributed by atoms with Crippen LogP contribution in [0.3, 0.4) is 0 Å². The molecule has 0 aliphatic carbocycles. The Morgan fingerprint density at radius 2 is 1.91 bits per heavy atom. The second kappa shape index (κ2) is 8.71.